The zero-order valence-electron chi connectivity index (χ0n) is 14.5. The second-order valence-corrected chi connectivity index (χ2v) is 7.98. The lowest BCUT2D eigenvalue weighted by Crippen LogP contribution is -2.53. The largest absolute Gasteiger partial charge is 0.481 e. The third-order valence-corrected chi connectivity index (χ3v) is 4.59. The van der Waals surface area contributed by atoms with E-state index in [1.165, 1.54) is 25.7 Å². The molecule has 0 aromatic heterocycles. The van der Waals surface area contributed by atoms with E-state index in [4.69, 9.17) is 4.74 Å². The van der Waals surface area contributed by atoms with Crippen LogP contribution in [0.25, 0.3) is 0 Å². The van der Waals surface area contributed by atoms with Crippen molar-refractivity contribution in [1.29, 1.82) is 0 Å². The number of carbonyl (C=O) groups excluding carboxylic acids is 1. The first kappa shape index (κ1) is 18.0. The Kier molecular flexibility index (Phi) is 5.89. The summed E-state index contributed by atoms with van der Waals surface area (Å²) in [4.78, 5) is 25.6. The molecule has 2 fully saturated rings. The van der Waals surface area contributed by atoms with E-state index in [1.807, 2.05) is 20.8 Å². The Labute approximate surface area is 138 Å². The van der Waals surface area contributed by atoms with Crippen LogP contribution in [0.4, 0.5) is 4.79 Å². The Balaban J connectivity index is 1.92. The number of amides is 1. The van der Waals surface area contributed by atoms with E-state index in [-0.39, 0.29) is 6.04 Å². The van der Waals surface area contributed by atoms with Gasteiger partial charge in [-0.3, -0.25) is 4.79 Å². The lowest BCUT2D eigenvalue weighted by molar-refractivity contribution is -0.144. The number of carboxylic acids is 1. The fourth-order valence-corrected chi connectivity index (χ4v) is 3.66. The summed E-state index contributed by atoms with van der Waals surface area (Å²) in [6.45, 7) is 7.69. The summed E-state index contributed by atoms with van der Waals surface area (Å²) < 4.78 is 5.29. The molecule has 2 aliphatic rings. The second kappa shape index (κ2) is 7.51. The molecule has 1 heterocycles. The van der Waals surface area contributed by atoms with E-state index in [2.05, 4.69) is 10.2 Å². The van der Waals surface area contributed by atoms with E-state index in [9.17, 15) is 14.7 Å². The molecule has 1 amide bonds. The van der Waals surface area contributed by atoms with Gasteiger partial charge in [-0.15, -0.1) is 0 Å². The summed E-state index contributed by atoms with van der Waals surface area (Å²) in [5.74, 6) is -0.535. The molecule has 0 aromatic rings. The number of rotatable bonds is 4. The SMILES string of the molecule is CC(C)(C)OC(=O)NC1CC(C(=O)O)CN(CC2CCCC2)C1. The quantitative estimate of drug-likeness (QED) is 0.830. The van der Waals surface area contributed by atoms with Crippen LogP contribution in [-0.2, 0) is 9.53 Å². The van der Waals surface area contributed by atoms with Crippen molar-refractivity contribution in [3.8, 4) is 0 Å². The van der Waals surface area contributed by atoms with Crippen LogP contribution >= 0.6 is 0 Å². The minimum atomic E-state index is -0.780. The molecule has 132 valence electrons. The van der Waals surface area contributed by atoms with E-state index >= 15 is 0 Å². The van der Waals surface area contributed by atoms with Crippen molar-refractivity contribution in [3.05, 3.63) is 0 Å². The molecule has 6 nitrogen and oxygen atoms in total. The topological polar surface area (TPSA) is 78.9 Å². The molecular formula is C17H30N2O4. The summed E-state index contributed by atoms with van der Waals surface area (Å²) in [6.07, 6.45) is 5.03. The number of carboxylic acid groups (broad SMARTS) is 1. The number of carbonyl (C=O) groups is 2. The highest BCUT2D eigenvalue weighted by molar-refractivity contribution is 5.71. The number of likely N-dealkylation sites (tertiary alicyclic amines) is 1. The van der Waals surface area contributed by atoms with Gasteiger partial charge in [-0.05, 0) is 46.0 Å². The van der Waals surface area contributed by atoms with Crippen molar-refractivity contribution >= 4 is 12.1 Å². The number of aliphatic carboxylic acids is 1. The third-order valence-electron chi connectivity index (χ3n) is 4.59. The van der Waals surface area contributed by atoms with Gasteiger partial charge >= 0.3 is 12.1 Å². The van der Waals surface area contributed by atoms with Crippen molar-refractivity contribution in [2.75, 3.05) is 19.6 Å². The molecule has 0 radical (unpaired) electrons. The van der Waals surface area contributed by atoms with Crippen LogP contribution < -0.4 is 5.32 Å². The summed E-state index contributed by atoms with van der Waals surface area (Å²) in [5, 5.41) is 12.2. The number of hydrogen-bond acceptors (Lipinski definition) is 4. The average Bonchev–Trinajstić information content (AvgIpc) is 2.88. The lowest BCUT2D eigenvalue weighted by Gasteiger charge is -2.37. The first-order valence-electron chi connectivity index (χ1n) is 8.67. The van der Waals surface area contributed by atoms with E-state index in [0.29, 0.717) is 25.4 Å². The van der Waals surface area contributed by atoms with E-state index in [1.54, 1.807) is 0 Å². The van der Waals surface area contributed by atoms with Gasteiger partial charge in [-0.1, -0.05) is 12.8 Å². The van der Waals surface area contributed by atoms with Gasteiger partial charge in [-0.2, -0.15) is 0 Å². The molecule has 23 heavy (non-hydrogen) atoms. The maximum Gasteiger partial charge on any atom is 0.407 e. The zero-order chi connectivity index (χ0) is 17.0. The van der Waals surface area contributed by atoms with E-state index < -0.39 is 23.6 Å². The maximum atomic E-state index is 12.0. The maximum absolute atomic E-state index is 12.0. The molecule has 1 aliphatic heterocycles. The predicted molar refractivity (Wildman–Crippen MR) is 87.3 cm³/mol. The molecule has 2 unspecified atom stereocenters. The Bertz CT molecular complexity index is 427. The van der Waals surface area contributed by atoms with E-state index in [0.717, 1.165) is 6.54 Å². The van der Waals surface area contributed by atoms with Crippen LogP contribution in [0.5, 0.6) is 0 Å². The van der Waals surface area contributed by atoms with Gasteiger partial charge < -0.3 is 20.1 Å². The first-order valence-corrected chi connectivity index (χ1v) is 8.67. The van der Waals surface area contributed by atoms with Crippen LogP contribution in [0.15, 0.2) is 0 Å². The molecule has 1 aliphatic carbocycles. The van der Waals surface area contributed by atoms with Crippen molar-refractivity contribution in [3.63, 3.8) is 0 Å². The van der Waals surface area contributed by atoms with Gasteiger partial charge in [-0.25, -0.2) is 4.79 Å². The van der Waals surface area contributed by atoms with Gasteiger partial charge in [0.2, 0.25) is 0 Å². The molecule has 0 aromatic carbocycles. The molecular weight excluding hydrogens is 296 g/mol. The summed E-state index contributed by atoms with van der Waals surface area (Å²) in [6, 6.07) is -0.166. The van der Waals surface area contributed by atoms with Gasteiger partial charge in [0.1, 0.15) is 5.60 Å². The molecule has 0 spiro atoms. The molecule has 2 rings (SSSR count). The molecule has 6 heteroatoms. The van der Waals surface area contributed by atoms with Crippen molar-refractivity contribution < 1.29 is 19.4 Å². The number of ether oxygens (including phenoxy) is 1. The van der Waals surface area contributed by atoms with Crippen LogP contribution in [0.3, 0.4) is 0 Å². The Hall–Kier alpha value is -1.30. The minimum absolute atomic E-state index is 0.166. The number of alkyl carbamates (subject to hydrolysis) is 1. The summed E-state index contributed by atoms with van der Waals surface area (Å²) in [5.41, 5.74) is -0.547. The third kappa shape index (κ3) is 6.01. The highest BCUT2D eigenvalue weighted by Crippen LogP contribution is 2.27. The van der Waals surface area contributed by atoms with Gasteiger partial charge in [0.25, 0.3) is 0 Å². The summed E-state index contributed by atoms with van der Waals surface area (Å²) in [7, 11) is 0. The summed E-state index contributed by atoms with van der Waals surface area (Å²) >= 11 is 0. The van der Waals surface area contributed by atoms with Crippen molar-refractivity contribution in [2.45, 2.75) is 64.5 Å². The van der Waals surface area contributed by atoms with Crippen LogP contribution in [0.1, 0.15) is 52.9 Å². The van der Waals surface area contributed by atoms with Crippen molar-refractivity contribution in [1.82, 2.24) is 10.2 Å². The van der Waals surface area contributed by atoms with Crippen molar-refractivity contribution in [2.24, 2.45) is 11.8 Å². The number of nitrogens with zero attached hydrogens (tertiary/aromatic N) is 1. The Morgan fingerprint density at radius 3 is 2.43 bits per heavy atom. The molecule has 2 N–H and O–H groups in total. The van der Waals surface area contributed by atoms with Crippen LogP contribution in [-0.4, -0.2) is 53.3 Å². The first-order chi connectivity index (χ1) is 10.7. The Morgan fingerprint density at radius 1 is 1.22 bits per heavy atom. The van der Waals surface area contributed by atoms with Gasteiger partial charge in [0, 0.05) is 25.7 Å². The second-order valence-electron chi connectivity index (χ2n) is 7.98. The molecule has 0 bridgehead atoms. The van der Waals surface area contributed by atoms with Gasteiger partial charge in [0.05, 0.1) is 5.92 Å². The minimum Gasteiger partial charge on any atom is -0.481 e. The average molecular weight is 326 g/mol. The molecule has 2 atom stereocenters. The highest BCUT2D eigenvalue weighted by Gasteiger charge is 2.34. The fraction of sp³-hybridized carbons (Fsp3) is 0.882. The highest BCUT2D eigenvalue weighted by atomic mass is 16.6. The Morgan fingerprint density at radius 2 is 1.87 bits per heavy atom. The predicted octanol–water partition coefficient (Wildman–Crippen LogP) is 2.48. The zero-order valence-corrected chi connectivity index (χ0v) is 14.5. The number of piperidine rings is 1. The van der Waals surface area contributed by atoms with Crippen LogP contribution in [0, 0.1) is 11.8 Å². The smallest absolute Gasteiger partial charge is 0.407 e. The normalized spacial score (nSPS) is 26.9. The number of nitrogens with one attached hydrogen (secondary N) is 1. The fourth-order valence-electron chi connectivity index (χ4n) is 3.66. The lowest BCUT2D eigenvalue weighted by atomic mass is 9.93. The van der Waals surface area contributed by atoms with Gasteiger partial charge in [0.15, 0.2) is 0 Å². The van der Waals surface area contributed by atoms with Crippen LogP contribution in [0.2, 0.25) is 0 Å². The molecule has 1 saturated heterocycles. The monoisotopic (exact) mass is 326 g/mol. The standard InChI is InChI=1S/C17H30N2O4/c1-17(2,3)23-16(22)18-14-8-13(15(20)21)10-19(11-14)9-12-6-4-5-7-12/h12-14H,4-11H2,1-3H3,(H,18,22)(H,20,21). The molecule has 1 saturated carbocycles. The number of hydrogen-bond donors (Lipinski definition) is 2.